The molecule has 1 aliphatic rings. The van der Waals surface area contributed by atoms with Crippen LogP contribution in [0.25, 0.3) is 0 Å². The summed E-state index contributed by atoms with van der Waals surface area (Å²) in [7, 11) is 0. The van der Waals surface area contributed by atoms with E-state index in [2.05, 4.69) is 5.32 Å². The van der Waals surface area contributed by atoms with Gasteiger partial charge in [-0.05, 0) is 19.8 Å². The number of primary amides is 1. The van der Waals surface area contributed by atoms with Gasteiger partial charge in [-0.3, -0.25) is 4.79 Å². The fourth-order valence-electron chi connectivity index (χ4n) is 2.32. The average Bonchev–Trinajstić information content (AvgIpc) is 2.17. The Morgan fingerprint density at radius 1 is 1.31 bits per heavy atom. The minimum Gasteiger partial charge on any atom is -0.466 e. The molecule has 0 saturated heterocycles. The van der Waals surface area contributed by atoms with E-state index in [4.69, 9.17) is 10.5 Å². The van der Waals surface area contributed by atoms with Crippen LogP contribution in [-0.4, -0.2) is 24.1 Å². The van der Waals surface area contributed by atoms with Gasteiger partial charge < -0.3 is 15.8 Å². The molecule has 1 rings (SSSR count). The third-order valence-electron chi connectivity index (χ3n) is 2.99. The van der Waals surface area contributed by atoms with Crippen LogP contribution in [0.5, 0.6) is 0 Å². The van der Waals surface area contributed by atoms with Gasteiger partial charge in [0, 0.05) is 0 Å². The van der Waals surface area contributed by atoms with E-state index in [1.807, 2.05) is 0 Å². The first-order valence-electron chi connectivity index (χ1n) is 5.81. The molecule has 0 aliphatic heterocycles. The number of hydrogen-bond donors (Lipinski definition) is 2. The predicted octanol–water partition coefficient (Wildman–Crippen LogP) is 1.31. The molecule has 16 heavy (non-hydrogen) atoms. The first kappa shape index (κ1) is 12.8. The molecule has 0 bridgehead atoms. The van der Waals surface area contributed by atoms with Crippen LogP contribution in [-0.2, 0) is 9.53 Å². The summed E-state index contributed by atoms with van der Waals surface area (Å²) in [5.74, 6) is -0.266. The molecule has 3 N–H and O–H groups in total. The minimum atomic E-state index is -0.564. The number of urea groups is 1. The van der Waals surface area contributed by atoms with Crippen molar-refractivity contribution in [1.29, 1.82) is 0 Å². The lowest BCUT2D eigenvalue weighted by atomic mass is 9.79. The molecule has 0 atom stereocenters. The normalized spacial score (nSPS) is 18.8. The Balaban J connectivity index is 2.62. The Labute approximate surface area is 95.7 Å². The summed E-state index contributed by atoms with van der Waals surface area (Å²) in [4.78, 5) is 22.5. The van der Waals surface area contributed by atoms with Crippen LogP contribution in [0.4, 0.5) is 4.79 Å². The van der Waals surface area contributed by atoms with Crippen molar-refractivity contribution < 1.29 is 14.3 Å². The SMILES string of the molecule is CCOC(=O)CC1(NC(N)=O)CCCCC1. The largest absolute Gasteiger partial charge is 0.466 e. The Morgan fingerprint density at radius 2 is 1.94 bits per heavy atom. The van der Waals surface area contributed by atoms with Gasteiger partial charge in [-0.25, -0.2) is 4.79 Å². The van der Waals surface area contributed by atoms with Crippen molar-refractivity contribution in [3.05, 3.63) is 0 Å². The van der Waals surface area contributed by atoms with Crippen LogP contribution in [0.3, 0.4) is 0 Å². The molecule has 5 heteroatoms. The topological polar surface area (TPSA) is 81.4 Å². The average molecular weight is 228 g/mol. The lowest BCUT2D eigenvalue weighted by Gasteiger charge is -2.36. The predicted molar refractivity (Wildman–Crippen MR) is 59.8 cm³/mol. The number of ether oxygens (including phenoxy) is 1. The minimum absolute atomic E-state index is 0.226. The second-order valence-electron chi connectivity index (χ2n) is 4.31. The van der Waals surface area contributed by atoms with E-state index in [0.717, 1.165) is 32.1 Å². The van der Waals surface area contributed by atoms with Crippen molar-refractivity contribution in [1.82, 2.24) is 5.32 Å². The third kappa shape index (κ3) is 3.72. The molecule has 0 aromatic carbocycles. The summed E-state index contributed by atoms with van der Waals surface area (Å²) in [6, 6.07) is -0.564. The standard InChI is InChI=1S/C11H20N2O3/c1-2-16-9(14)8-11(13-10(12)15)6-4-3-5-7-11/h2-8H2,1H3,(H3,12,13,15). The highest BCUT2D eigenvalue weighted by Crippen LogP contribution is 2.31. The third-order valence-corrected chi connectivity index (χ3v) is 2.99. The number of esters is 1. The number of carbonyl (C=O) groups excluding carboxylic acids is 2. The highest BCUT2D eigenvalue weighted by molar-refractivity contribution is 5.76. The first-order valence-corrected chi connectivity index (χ1v) is 5.81. The van der Waals surface area contributed by atoms with Crippen molar-refractivity contribution in [2.75, 3.05) is 6.61 Å². The van der Waals surface area contributed by atoms with Crippen molar-refractivity contribution in [2.24, 2.45) is 5.73 Å². The number of nitrogens with one attached hydrogen (secondary N) is 1. The molecule has 2 amide bonds. The maximum atomic E-state index is 11.5. The molecule has 5 nitrogen and oxygen atoms in total. The molecular formula is C11H20N2O3. The summed E-state index contributed by atoms with van der Waals surface area (Å²) >= 11 is 0. The number of nitrogens with two attached hydrogens (primary N) is 1. The van der Waals surface area contributed by atoms with Crippen molar-refractivity contribution >= 4 is 12.0 Å². The summed E-state index contributed by atoms with van der Waals surface area (Å²) in [5.41, 5.74) is 4.68. The van der Waals surface area contributed by atoms with Crippen LogP contribution in [0.15, 0.2) is 0 Å². The van der Waals surface area contributed by atoms with E-state index in [0.29, 0.717) is 6.61 Å². The lowest BCUT2D eigenvalue weighted by molar-refractivity contribution is -0.145. The second-order valence-corrected chi connectivity index (χ2v) is 4.31. The van der Waals surface area contributed by atoms with Crippen molar-refractivity contribution in [3.63, 3.8) is 0 Å². The zero-order chi connectivity index (χ0) is 12.0. The molecule has 0 heterocycles. The number of amides is 2. The van der Waals surface area contributed by atoms with Crippen molar-refractivity contribution in [2.45, 2.75) is 51.0 Å². The molecule has 0 spiro atoms. The molecule has 0 radical (unpaired) electrons. The molecule has 0 aromatic heterocycles. The quantitative estimate of drug-likeness (QED) is 0.712. The van der Waals surface area contributed by atoms with Crippen LogP contribution in [0.1, 0.15) is 45.4 Å². The van der Waals surface area contributed by atoms with Gasteiger partial charge in [-0.15, -0.1) is 0 Å². The number of carbonyl (C=O) groups is 2. The fraction of sp³-hybridized carbons (Fsp3) is 0.818. The van der Waals surface area contributed by atoms with E-state index < -0.39 is 11.6 Å². The first-order chi connectivity index (χ1) is 7.58. The van der Waals surface area contributed by atoms with Gasteiger partial charge in [0.1, 0.15) is 0 Å². The van der Waals surface area contributed by atoms with Gasteiger partial charge in [-0.1, -0.05) is 19.3 Å². The fourth-order valence-corrected chi connectivity index (χ4v) is 2.32. The van der Waals surface area contributed by atoms with Gasteiger partial charge in [0.05, 0.1) is 18.6 Å². The van der Waals surface area contributed by atoms with Gasteiger partial charge in [0.15, 0.2) is 0 Å². The Morgan fingerprint density at radius 3 is 2.44 bits per heavy atom. The Bertz CT molecular complexity index is 260. The maximum absolute atomic E-state index is 11.5. The Kier molecular flexibility index (Phi) is 4.58. The lowest BCUT2D eigenvalue weighted by Crippen LogP contribution is -2.53. The summed E-state index contributed by atoms with van der Waals surface area (Å²) in [6.45, 7) is 2.14. The Hall–Kier alpha value is -1.26. The number of hydrogen-bond acceptors (Lipinski definition) is 3. The molecule has 1 fully saturated rings. The van der Waals surface area contributed by atoms with Gasteiger partial charge in [0.25, 0.3) is 0 Å². The van der Waals surface area contributed by atoms with E-state index in [-0.39, 0.29) is 12.4 Å². The monoisotopic (exact) mass is 228 g/mol. The number of rotatable bonds is 4. The summed E-state index contributed by atoms with van der Waals surface area (Å²) < 4.78 is 4.92. The van der Waals surface area contributed by atoms with E-state index in [1.54, 1.807) is 6.92 Å². The van der Waals surface area contributed by atoms with Crippen LogP contribution < -0.4 is 11.1 Å². The van der Waals surface area contributed by atoms with Gasteiger partial charge in [-0.2, -0.15) is 0 Å². The molecule has 92 valence electrons. The zero-order valence-electron chi connectivity index (χ0n) is 9.75. The second kappa shape index (κ2) is 5.72. The van der Waals surface area contributed by atoms with E-state index >= 15 is 0 Å². The van der Waals surface area contributed by atoms with Crippen molar-refractivity contribution in [3.8, 4) is 0 Å². The van der Waals surface area contributed by atoms with Gasteiger partial charge in [0.2, 0.25) is 0 Å². The van der Waals surface area contributed by atoms with E-state index in [1.165, 1.54) is 0 Å². The highest BCUT2D eigenvalue weighted by Gasteiger charge is 2.35. The smallest absolute Gasteiger partial charge is 0.312 e. The van der Waals surface area contributed by atoms with Gasteiger partial charge >= 0.3 is 12.0 Å². The molecule has 0 unspecified atom stereocenters. The van der Waals surface area contributed by atoms with Crippen LogP contribution >= 0.6 is 0 Å². The zero-order valence-corrected chi connectivity index (χ0v) is 9.75. The highest BCUT2D eigenvalue weighted by atomic mass is 16.5. The summed E-state index contributed by atoms with van der Waals surface area (Å²) in [6.07, 6.45) is 5.00. The van der Waals surface area contributed by atoms with Crippen LogP contribution in [0.2, 0.25) is 0 Å². The molecule has 1 saturated carbocycles. The molecular weight excluding hydrogens is 208 g/mol. The maximum Gasteiger partial charge on any atom is 0.312 e. The molecule has 1 aliphatic carbocycles. The van der Waals surface area contributed by atoms with E-state index in [9.17, 15) is 9.59 Å². The molecule has 0 aromatic rings. The summed E-state index contributed by atoms with van der Waals surface area (Å²) in [5, 5.41) is 2.72. The van der Waals surface area contributed by atoms with Crippen LogP contribution in [0, 0.1) is 0 Å².